The highest BCUT2D eigenvalue weighted by atomic mass is 16.1. The van der Waals surface area contributed by atoms with Crippen molar-refractivity contribution in [3.63, 3.8) is 0 Å². The Morgan fingerprint density at radius 1 is 1.21 bits per heavy atom. The first kappa shape index (κ1) is 10.2. The molecule has 74 valence electrons. The molecule has 0 saturated carbocycles. The van der Waals surface area contributed by atoms with Crippen molar-refractivity contribution in [2.75, 3.05) is 14.1 Å². The van der Waals surface area contributed by atoms with E-state index in [9.17, 15) is 4.79 Å². The van der Waals surface area contributed by atoms with Gasteiger partial charge in [-0.25, -0.2) is 0 Å². The molecule has 14 heavy (non-hydrogen) atoms. The summed E-state index contributed by atoms with van der Waals surface area (Å²) in [5.74, 6) is -0.203. The first-order valence-corrected chi connectivity index (χ1v) is 4.31. The molecule has 4 nitrogen and oxygen atoms in total. The second-order valence-electron chi connectivity index (χ2n) is 2.63. The zero-order valence-corrected chi connectivity index (χ0v) is 8.24. The maximum absolute atomic E-state index is 11.4. The number of benzene rings is 1. The van der Waals surface area contributed by atoms with Crippen LogP contribution in [0.15, 0.2) is 35.4 Å². The number of hydrogen-bond acceptors (Lipinski definition) is 3. The summed E-state index contributed by atoms with van der Waals surface area (Å²) in [7, 11) is 3.24. The van der Waals surface area contributed by atoms with Crippen LogP contribution in [0.2, 0.25) is 0 Å². The molecule has 1 aromatic rings. The molecule has 0 radical (unpaired) electrons. The van der Waals surface area contributed by atoms with Crippen LogP contribution in [0, 0.1) is 0 Å². The molecule has 4 heteroatoms. The number of amides is 1. The molecule has 0 aromatic heterocycles. The van der Waals surface area contributed by atoms with Gasteiger partial charge in [0.1, 0.15) is 0 Å². The summed E-state index contributed by atoms with van der Waals surface area (Å²) in [4.78, 5) is 11.4. The molecular weight excluding hydrogens is 178 g/mol. The first-order chi connectivity index (χ1) is 6.79. The van der Waals surface area contributed by atoms with Gasteiger partial charge in [-0.15, -0.1) is 0 Å². The van der Waals surface area contributed by atoms with E-state index in [4.69, 9.17) is 0 Å². The fraction of sp³-hybridized carbons (Fsp3) is 0.200. The van der Waals surface area contributed by atoms with Crippen LogP contribution in [0.25, 0.3) is 0 Å². The molecule has 1 amide bonds. The zero-order chi connectivity index (χ0) is 10.4. The van der Waals surface area contributed by atoms with Crippen LogP contribution in [0.5, 0.6) is 0 Å². The van der Waals surface area contributed by atoms with E-state index in [1.807, 2.05) is 30.3 Å². The van der Waals surface area contributed by atoms with Gasteiger partial charge < -0.3 is 10.7 Å². The summed E-state index contributed by atoms with van der Waals surface area (Å²) in [6.45, 7) is 0. The van der Waals surface area contributed by atoms with Gasteiger partial charge in [0.05, 0.1) is 0 Å². The minimum atomic E-state index is -0.203. The van der Waals surface area contributed by atoms with E-state index >= 15 is 0 Å². The van der Waals surface area contributed by atoms with E-state index in [1.54, 1.807) is 14.1 Å². The van der Waals surface area contributed by atoms with Crippen LogP contribution in [0.3, 0.4) is 0 Å². The van der Waals surface area contributed by atoms with E-state index < -0.39 is 0 Å². The average Bonchev–Trinajstić information content (AvgIpc) is 2.26. The summed E-state index contributed by atoms with van der Waals surface area (Å²) in [6, 6.07) is 9.30. The van der Waals surface area contributed by atoms with Crippen molar-refractivity contribution in [1.29, 1.82) is 0 Å². The highest BCUT2D eigenvalue weighted by Gasteiger charge is 2.11. The normalized spacial score (nSPS) is 10.9. The minimum Gasteiger partial charge on any atom is -0.354 e. The molecule has 0 heterocycles. The summed E-state index contributed by atoms with van der Waals surface area (Å²) in [5.41, 5.74) is 3.79. The lowest BCUT2D eigenvalue weighted by molar-refractivity contribution is -0.114. The lowest BCUT2D eigenvalue weighted by atomic mass is 10.1. The fourth-order valence-corrected chi connectivity index (χ4v) is 1.07. The Labute approximate surface area is 83.0 Å². The van der Waals surface area contributed by atoms with E-state index in [0.29, 0.717) is 5.71 Å². The molecule has 0 fully saturated rings. The molecule has 0 bridgehead atoms. The average molecular weight is 191 g/mol. The van der Waals surface area contributed by atoms with Crippen molar-refractivity contribution >= 4 is 11.6 Å². The monoisotopic (exact) mass is 191 g/mol. The van der Waals surface area contributed by atoms with Crippen molar-refractivity contribution in [1.82, 2.24) is 10.7 Å². The summed E-state index contributed by atoms with van der Waals surface area (Å²) < 4.78 is 0. The Bertz CT molecular complexity index is 332. The van der Waals surface area contributed by atoms with E-state index in [-0.39, 0.29) is 5.91 Å². The summed E-state index contributed by atoms with van der Waals surface area (Å²) in [5, 5.41) is 6.46. The molecule has 1 rings (SSSR count). The highest BCUT2D eigenvalue weighted by molar-refractivity contribution is 6.45. The Kier molecular flexibility index (Phi) is 3.67. The maximum atomic E-state index is 11.4. The Morgan fingerprint density at radius 3 is 2.36 bits per heavy atom. The third-order valence-corrected chi connectivity index (χ3v) is 1.71. The van der Waals surface area contributed by atoms with Gasteiger partial charge in [-0.1, -0.05) is 30.3 Å². The lowest BCUT2D eigenvalue weighted by Crippen LogP contribution is -2.29. The van der Waals surface area contributed by atoms with Gasteiger partial charge in [-0.3, -0.25) is 4.79 Å². The predicted octanol–water partition coefficient (Wildman–Crippen LogP) is 0.356. The van der Waals surface area contributed by atoms with Crippen molar-refractivity contribution in [2.24, 2.45) is 5.10 Å². The van der Waals surface area contributed by atoms with Gasteiger partial charge in [0.15, 0.2) is 5.71 Å². The molecule has 0 aliphatic rings. The Balaban J connectivity index is 3.02. The standard InChI is InChI=1S/C10H13N3O/c1-11-10(14)9(13-12-2)8-6-4-3-5-7-8/h3-7,12H,1-2H3,(H,11,14)/b13-9-. The number of carbonyl (C=O) groups excluding carboxylic acids is 1. The third-order valence-electron chi connectivity index (χ3n) is 1.71. The lowest BCUT2D eigenvalue weighted by Gasteiger charge is -2.04. The van der Waals surface area contributed by atoms with Crippen LogP contribution in [-0.2, 0) is 4.79 Å². The topological polar surface area (TPSA) is 53.5 Å². The Hall–Kier alpha value is -1.84. The largest absolute Gasteiger partial charge is 0.354 e. The SMILES string of the molecule is CN/N=C(\C(=O)NC)c1ccccc1. The van der Waals surface area contributed by atoms with Gasteiger partial charge in [0.25, 0.3) is 5.91 Å². The molecule has 0 aliphatic heterocycles. The van der Waals surface area contributed by atoms with E-state index in [1.165, 1.54) is 0 Å². The number of nitrogens with zero attached hydrogens (tertiary/aromatic N) is 1. The Morgan fingerprint density at radius 2 is 1.86 bits per heavy atom. The summed E-state index contributed by atoms with van der Waals surface area (Å²) >= 11 is 0. The smallest absolute Gasteiger partial charge is 0.272 e. The number of likely N-dealkylation sites (N-methyl/N-ethyl adjacent to an activating group) is 1. The van der Waals surface area contributed by atoms with Crippen LogP contribution < -0.4 is 10.7 Å². The van der Waals surface area contributed by atoms with Gasteiger partial charge in [0, 0.05) is 19.7 Å². The quantitative estimate of drug-likeness (QED) is 0.535. The van der Waals surface area contributed by atoms with Crippen LogP contribution in [-0.4, -0.2) is 25.7 Å². The predicted molar refractivity (Wildman–Crippen MR) is 56.1 cm³/mol. The molecule has 2 N–H and O–H groups in total. The number of rotatable bonds is 3. The number of carbonyl (C=O) groups is 1. The van der Waals surface area contributed by atoms with Crippen LogP contribution in [0.4, 0.5) is 0 Å². The van der Waals surface area contributed by atoms with Crippen LogP contribution >= 0.6 is 0 Å². The molecular formula is C10H13N3O. The molecule has 1 aromatic carbocycles. The molecule has 0 atom stereocenters. The van der Waals surface area contributed by atoms with Gasteiger partial charge >= 0.3 is 0 Å². The second kappa shape index (κ2) is 5.01. The second-order valence-corrected chi connectivity index (χ2v) is 2.63. The third kappa shape index (κ3) is 2.32. The van der Waals surface area contributed by atoms with Gasteiger partial charge in [-0.05, 0) is 0 Å². The first-order valence-electron chi connectivity index (χ1n) is 4.31. The molecule has 0 aliphatic carbocycles. The number of hydrazone groups is 1. The van der Waals surface area contributed by atoms with Crippen molar-refractivity contribution < 1.29 is 4.79 Å². The zero-order valence-electron chi connectivity index (χ0n) is 8.24. The maximum Gasteiger partial charge on any atom is 0.272 e. The van der Waals surface area contributed by atoms with Gasteiger partial charge in [0.2, 0.25) is 0 Å². The van der Waals surface area contributed by atoms with E-state index in [0.717, 1.165) is 5.56 Å². The highest BCUT2D eigenvalue weighted by Crippen LogP contribution is 2.00. The molecule has 0 spiro atoms. The minimum absolute atomic E-state index is 0.203. The van der Waals surface area contributed by atoms with E-state index in [2.05, 4.69) is 15.8 Å². The number of nitrogens with one attached hydrogen (secondary N) is 2. The van der Waals surface area contributed by atoms with Crippen LogP contribution in [0.1, 0.15) is 5.56 Å². The molecule has 0 unspecified atom stereocenters. The molecule has 0 saturated heterocycles. The van der Waals surface area contributed by atoms with Crippen molar-refractivity contribution in [3.05, 3.63) is 35.9 Å². The fourth-order valence-electron chi connectivity index (χ4n) is 1.07. The summed E-state index contributed by atoms with van der Waals surface area (Å²) in [6.07, 6.45) is 0. The number of hydrogen-bond donors (Lipinski definition) is 2. The van der Waals surface area contributed by atoms with Crippen molar-refractivity contribution in [2.45, 2.75) is 0 Å². The van der Waals surface area contributed by atoms with Gasteiger partial charge in [-0.2, -0.15) is 5.10 Å². The van der Waals surface area contributed by atoms with Crippen molar-refractivity contribution in [3.8, 4) is 0 Å².